The van der Waals surface area contributed by atoms with E-state index in [-0.39, 0.29) is 5.75 Å². The van der Waals surface area contributed by atoms with Gasteiger partial charge in [-0.15, -0.1) is 10.2 Å². The highest BCUT2D eigenvalue weighted by Gasteiger charge is 2.38. The molecule has 0 bridgehead atoms. The minimum absolute atomic E-state index is 0.0390. The van der Waals surface area contributed by atoms with Gasteiger partial charge in [-0.3, -0.25) is 4.79 Å². The molecule has 1 aromatic rings. The first-order chi connectivity index (χ1) is 8.00. The number of rotatable bonds is 5. The Morgan fingerprint density at radius 1 is 1.59 bits per heavy atom. The highest BCUT2D eigenvalue weighted by molar-refractivity contribution is 7.99. The van der Waals surface area contributed by atoms with Crippen molar-refractivity contribution in [1.82, 2.24) is 14.8 Å². The number of carboxylic acids is 1. The van der Waals surface area contributed by atoms with Gasteiger partial charge in [-0.1, -0.05) is 32.5 Å². The van der Waals surface area contributed by atoms with Gasteiger partial charge in [0.1, 0.15) is 5.82 Å². The topological polar surface area (TPSA) is 68.0 Å². The number of hydrogen-bond donors (Lipinski definition) is 1. The van der Waals surface area contributed by atoms with Gasteiger partial charge in [0, 0.05) is 12.0 Å². The quantitative estimate of drug-likeness (QED) is 0.817. The second-order valence-corrected chi connectivity index (χ2v) is 5.77. The van der Waals surface area contributed by atoms with Crippen LogP contribution in [0, 0.1) is 5.92 Å². The lowest BCUT2D eigenvalue weighted by Gasteiger charge is -2.10. The molecule has 17 heavy (non-hydrogen) atoms. The van der Waals surface area contributed by atoms with E-state index in [1.165, 1.54) is 11.8 Å². The fraction of sp³-hybridized carbons (Fsp3) is 0.727. The van der Waals surface area contributed by atoms with Gasteiger partial charge in [-0.2, -0.15) is 0 Å². The summed E-state index contributed by atoms with van der Waals surface area (Å²) in [5.41, 5.74) is 0. The van der Waals surface area contributed by atoms with Crippen molar-refractivity contribution >= 4 is 17.7 Å². The molecule has 1 aliphatic carbocycles. The number of thioether (sulfide) groups is 1. The lowest BCUT2D eigenvalue weighted by Crippen LogP contribution is -2.07. The van der Waals surface area contributed by atoms with Crippen molar-refractivity contribution in [2.75, 3.05) is 5.75 Å². The minimum Gasteiger partial charge on any atom is -0.481 e. The molecule has 1 aromatic heterocycles. The summed E-state index contributed by atoms with van der Waals surface area (Å²) < 4.78 is 2.13. The number of aliphatic carboxylic acids is 1. The van der Waals surface area contributed by atoms with Crippen molar-refractivity contribution in [1.29, 1.82) is 0 Å². The Labute approximate surface area is 105 Å². The van der Waals surface area contributed by atoms with Gasteiger partial charge in [0.2, 0.25) is 0 Å². The molecule has 2 unspecified atom stereocenters. The molecule has 1 aliphatic rings. The van der Waals surface area contributed by atoms with Crippen LogP contribution in [0.4, 0.5) is 0 Å². The Morgan fingerprint density at radius 3 is 2.71 bits per heavy atom. The molecule has 6 heteroatoms. The first kappa shape index (κ1) is 12.4. The molecule has 0 radical (unpaired) electrons. The van der Waals surface area contributed by atoms with Crippen LogP contribution in [0.5, 0.6) is 0 Å². The van der Waals surface area contributed by atoms with Crippen LogP contribution >= 0.6 is 11.8 Å². The zero-order valence-corrected chi connectivity index (χ0v) is 11.1. The lowest BCUT2D eigenvalue weighted by atomic mass is 10.2. The fourth-order valence-corrected chi connectivity index (χ4v) is 2.60. The zero-order valence-electron chi connectivity index (χ0n) is 10.3. The van der Waals surface area contributed by atoms with Gasteiger partial charge in [0.15, 0.2) is 5.16 Å². The lowest BCUT2D eigenvalue weighted by molar-refractivity contribution is -0.133. The molecule has 2 rings (SSSR count). The number of aromatic nitrogens is 3. The standard InChI is InChI=1S/C11H17N3O2S/c1-6(2)10-12-13-11(17-5-9(15)16)14(10)8-4-7(8)3/h6-8H,4-5H2,1-3H3,(H,15,16). The summed E-state index contributed by atoms with van der Waals surface area (Å²) in [6.07, 6.45) is 1.14. The van der Waals surface area contributed by atoms with Crippen molar-refractivity contribution in [3.8, 4) is 0 Å². The average Bonchev–Trinajstić information content (AvgIpc) is 2.80. The molecule has 0 spiro atoms. The van der Waals surface area contributed by atoms with E-state index in [0.29, 0.717) is 17.9 Å². The molecule has 0 saturated heterocycles. The van der Waals surface area contributed by atoms with Gasteiger partial charge < -0.3 is 9.67 Å². The van der Waals surface area contributed by atoms with E-state index in [4.69, 9.17) is 5.11 Å². The molecular formula is C11H17N3O2S. The van der Waals surface area contributed by atoms with Crippen molar-refractivity contribution < 1.29 is 9.90 Å². The van der Waals surface area contributed by atoms with Gasteiger partial charge >= 0.3 is 5.97 Å². The number of nitrogens with zero attached hydrogens (tertiary/aromatic N) is 3. The van der Waals surface area contributed by atoms with Gasteiger partial charge in [-0.05, 0) is 12.3 Å². The predicted molar refractivity (Wildman–Crippen MR) is 65.3 cm³/mol. The highest BCUT2D eigenvalue weighted by Crippen LogP contribution is 2.45. The molecule has 0 amide bonds. The van der Waals surface area contributed by atoms with Crippen LogP contribution in [0.25, 0.3) is 0 Å². The van der Waals surface area contributed by atoms with Gasteiger partial charge in [0.25, 0.3) is 0 Å². The molecule has 0 aliphatic heterocycles. The van der Waals surface area contributed by atoms with Crippen LogP contribution in [0.3, 0.4) is 0 Å². The Hall–Kier alpha value is -1.04. The summed E-state index contributed by atoms with van der Waals surface area (Å²) in [6.45, 7) is 6.36. The first-order valence-electron chi connectivity index (χ1n) is 5.80. The van der Waals surface area contributed by atoms with Crippen LogP contribution in [-0.4, -0.2) is 31.6 Å². The maximum atomic E-state index is 10.6. The molecule has 2 atom stereocenters. The van der Waals surface area contributed by atoms with E-state index in [2.05, 4.69) is 35.5 Å². The van der Waals surface area contributed by atoms with Crippen molar-refractivity contribution in [3.63, 3.8) is 0 Å². The van der Waals surface area contributed by atoms with Crippen LogP contribution in [0.1, 0.15) is 45.0 Å². The van der Waals surface area contributed by atoms with Crippen molar-refractivity contribution in [2.45, 2.75) is 44.3 Å². The maximum Gasteiger partial charge on any atom is 0.313 e. The van der Waals surface area contributed by atoms with E-state index in [1.54, 1.807) is 0 Å². The Bertz CT molecular complexity index is 430. The van der Waals surface area contributed by atoms with E-state index in [1.807, 2.05) is 0 Å². The molecule has 1 heterocycles. The Morgan fingerprint density at radius 2 is 2.24 bits per heavy atom. The Balaban J connectivity index is 2.23. The van der Waals surface area contributed by atoms with Crippen molar-refractivity contribution in [3.05, 3.63) is 5.82 Å². The van der Waals surface area contributed by atoms with E-state index in [9.17, 15) is 4.79 Å². The minimum atomic E-state index is -0.820. The van der Waals surface area contributed by atoms with Crippen molar-refractivity contribution in [2.24, 2.45) is 5.92 Å². The summed E-state index contributed by atoms with van der Waals surface area (Å²) in [5, 5.41) is 17.8. The van der Waals surface area contributed by atoms with E-state index >= 15 is 0 Å². The maximum absolute atomic E-state index is 10.6. The predicted octanol–water partition coefficient (Wildman–Crippen LogP) is 2.16. The van der Waals surface area contributed by atoms with E-state index in [0.717, 1.165) is 17.4 Å². The summed E-state index contributed by atoms with van der Waals surface area (Å²) in [7, 11) is 0. The van der Waals surface area contributed by atoms with Crippen LogP contribution in [0.2, 0.25) is 0 Å². The molecule has 1 saturated carbocycles. The number of hydrogen-bond acceptors (Lipinski definition) is 4. The monoisotopic (exact) mass is 255 g/mol. The largest absolute Gasteiger partial charge is 0.481 e. The zero-order chi connectivity index (χ0) is 12.6. The molecule has 94 valence electrons. The SMILES string of the molecule is CC(C)c1nnc(SCC(=O)O)n1C1CC1C. The average molecular weight is 255 g/mol. The van der Waals surface area contributed by atoms with Crippen LogP contribution < -0.4 is 0 Å². The second kappa shape index (κ2) is 4.68. The summed E-state index contributed by atoms with van der Waals surface area (Å²) in [5.74, 6) is 1.14. The summed E-state index contributed by atoms with van der Waals surface area (Å²) in [6, 6.07) is 0.457. The summed E-state index contributed by atoms with van der Waals surface area (Å²) in [4.78, 5) is 10.6. The molecular weight excluding hydrogens is 238 g/mol. The molecule has 1 N–H and O–H groups in total. The van der Waals surface area contributed by atoms with E-state index < -0.39 is 5.97 Å². The first-order valence-corrected chi connectivity index (χ1v) is 6.78. The highest BCUT2D eigenvalue weighted by atomic mass is 32.2. The Kier molecular flexibility index (Phi) is 3.42. The van der Waals surface area contributed by atoms with Gasteiger partial charge in [-0.25, -0.2) is 0 Å². The number of carbonyl (C=O) groups is 1. The van der Waals surface area contributed by atoms with Crippen LogP contribution in [0.15, 0.2) is 5.16 Å². The third kappa shape index (κ3) is 2.62. The summed E-state index contributed by atoms with van der Waals surface area (Å²) >= 11 is 1.25. The molecule has 5 nitrogen and oxygen atoms in total. The van der Waals surface area contributed by atoms with Gasteiger partial charge in [0.05, 0.1) is 5.75 Å². The molecule has 0 aromatic carbocycles. The second-order valence-electron chi connectivity index (χ2n) is 4.83. The van der Waals surface area contributed by atoms with Crippen LogP contribution in [-0.2, 0) is 4.79 Å². The smallest absolute Gasteiger partial charge is 0.313 e. The normalized spacial score (nSPS) is 23.1. The third-order valence-corrected chi connectivity index (χ3v) is 3.86. The number of carboxylic acid groups (broad SMARTS) is 1. The third-order valence-electron chi connectivity index (χ3n) is 2.93. The molecule has 1 fully saturated rings. The fourth-order valence-electron chi connectivity index (χ4n) is 1.88.